The standard InChI is InChI=1S/C25H26N2O5S/c1-17-13-14-21-23(15-17)32-24(16-27(21)33(29,30)19-9-5-4-6-10-19)25(28)26-18(2)20-11-7-8-12-22(20)31-3/h4-15,18,24H,16H2,1-3H3,(H,26,28). The molecule has 1 aliphatic rings. The molecule has 0 fully saturated rings. The summed E-state index contributed by atoms with van der Waals surface area (Å²) in [6, 6.07) is 20.5. The molecule has 172 valence electrons. The molecule has 7 nitrogen and oxygen atoms in total. The van der Waals surface area contributed by atoms with Crippen LogP contribution in [0.2, 0.25) is 0 Å². The number of sulfonamides is 1. The summed E-state index contributed by atoms with van der Waals surface area (Å²) in [6.07, 6.45) is -1.02. The summed E-state index contributed by atoms with van der Waals surface area (Å²) in [6.45, 7) is 3.58. The Morgan fingerprint density at radius 2 is 1.79 bits per heavy atom. The molecule has 2 atom stereocenters. The summed E-state index contributed by atoms with van der Waals surface area (Å²) in [4.78, 5) is 13.3. The topological polar surface area (TPSA) is 84.9 Å². The van der Waals surface area contributed by atoms with Gasteiger partial charge in [-0.25, -0.2) is 8.42 Å². The second kappa shape index (κ2) is 9.15. The Labute approximate surface area is 194 Å². The number of carbonyl (C=O) groups is 1. The highest BCUT2D eigenvalue weighted by atomic mass is 32.2. The lowest BCUT2D eigenvalue weighted by atomic mass is 10.1. The third-order valence-electron chi connectivity index (χ3n) is 5.57. The molecule has 0 aromatic heterocycles. The molecule has 33 heavy (non-hydrogen) atoms. The number of fused-ring (bicyclic) bond motifs is 1. The largest absolute Gasteiger partial charge is 0.496 e. The van der Waals surface area contributed by atoms with Gasteiger partial charge in [0.1, 0.15) is 11.5 Å². The van der Waals surface area contributed by atoms with Crippen molar-refractivity contribution in [2.75, 3.05) is 18.0 Å². The second-order valence-corrected chi connectivity index (χ2v) is 9.76. The molecule has 0 aliphatic carbocycles. The zero-order chi connectivity index (χ0) is 23.6. The van der Waals surface area contributed by atoms with Crippen LogP contribution in [0.5, 0.6) is 11.5 Å². The van der Waals surface area contributed by atoms with E-state index in [0.717, 1.165) is 11.1 Å². The van der Waals surface area contributed by atoms with E-state index in [4.69, 9.17) is 9.47 Å². The highest BCUT2D eigenvalue weighted by molar-refractivity contribution is 7.92. The van der Waals surface area contributed by atoms with E-state index >= 15 is 0 Å². The van der Waals surface area contributed by atoms with Crippen LogP contribution in [0.4, 0.5) is 5.69 Å². The normalized spacial score (nSPS) is 16.3. The van der Waals surface area contributed by atoms with E-state index in [0.29, 0.717) is 17.2 Å². The molecule has 0 saturated carbocycles. The lowest BCUT2D eigenvalue weighted by molar-refractivity contribution is -0.128. The fraction of sp³-hybridized carbons (Fsp3) is 0.240. The van der Waals surface area contributed by atoms with Crippen molar-refractivity contribution in [3.63, 3.8) is 0 Å². The maximum atomic E-state index is 13.5. The van der Waals surface area contributed by atoms with Crippen molar-refractivity contribution in [1.82, 2.24) is 5.32 Å². The van der Waals surface area contributed by atoms with Crippen LogP contribution >= 0.6 is 0 Å². The second-order valence-electron chi connectivity index (χ2n) is 7.90. The van der Waals surface area contributed by atoms with Crippen LogP contribution in [0.3, 0.4) is 0 Å². The molecule has 0 radical (unpaired) electrons. The minimum absolute atomic E-state index is 0.141. The van der Waals surface area contributed by atoms with Crippen molar-refractivity contribution in [2.24, 2.45) is 0 Å². The van der Waals surface area contributed by atoms with Crippen LogP contribution in [0.15, 0.2) is 77.7 Å². The molecule has 0 saturated heterocycles. The molecule has 1 amide bonds. The van der Waals surface area contributed by atoms with Crippen LogP contribution in [0.1, 0.15) is 24.1 Å². The summed E-state index contributed by atoms with van der Waals surface area (Å²) >= 11 is 0. The van der Waals surface area contributed by atoms with Gasteiger partial charge in [0.05, 0.1) is 30.3 Å². The zero-order valence-corrected chi connectivity index (χ0v) is 19.5. The minimum atomic E-state index is -3.89. The van der Waals surface area contributed by atoms with Crippen LogP contribution < -0.4 is 19.1 Å². The average Bonchev–Trinajstić information content (AvgIpc) is 2.83. The van der Waals surface area contributed by atoms with E-state index in [9.17, 15) is 13.2 Å². The van der Waals surface area contributed by atoms with Gasteiger partial charge >= 0.3 is 0 Å². The quantitative estimate of drug-likeness (QED) is 0.597. The van der Waals surface area contributed by atoms with Gasteiger partial charge in [0.2, 0.25) is 0 Å². The van der Waals surface area contributed by atoms with Gasteiger partial charge in [0.25, 0.3) is 15.9 Å². The average molecular weight is 467 g/mol. The molecule has 3 aromatic carbocycles. The van der Waals surface area contributed by atoms with E-state index in [1.807, 2.05) is 44.2 Å². The third kappa shape index (κ3) is 4.52. The number of nitrogens with zero attached hydrogens (tertiary/aromatic N) is 1. The number of hydrogen-bond acceptors (Lipinski definition) is 5. The van der Waals surface area contributed by atoms with Crippen molar-refractivity contribution >= 4 is 21.6 Å². The van der Waals surface area contributed by atoms with Gasteiger partial charge in [-0.1, -0.05) is 42.5 Å². The fourth-order valence-corrected chi connectivity index (χ4v) is 5.35. The molecular formula is C25H26N2O5S. The van der Waals surface area contributed by atoms with Crippen LogP contribution in [-0.4, -0.2) is 34.1 Å². The number of para-hydroxylation sites is 1. The van der Waals surface area contributed by atoms with Crippen molar-refractivity contribution in [3.8, 4) is 11.5 Å². The maximum Gasteiger partial charge on any atom is 0.264 e. The summed E-state index contributed by atoms with van der Waals surface area (Å²) in [5, 5.41) is 2.93. The predicted molar refractivity (Wildman–Crippen MR) is 126 cm³/mol. The summed E-state index contributed by atoms with van der Waals surface area (Å²) in [7, 11) is -2.32. The maximum absolute atomic E-state index is 13.5. The van der Waals surface area contributed by atoms with Gasteiger partial charge in [-0.05, 0) is 49.7 Å². The molecule has 8 heteroatoms. The molecule has 4 rings (SSSR count). The first kappa shape index (κ1) is 22.7. The van der Waals surface area contributed by atoms with E-state index < -0.39 is 22.0 Å². The number of hydrogen-bond donors (Lipinski definition) is 1. The molecule has 1 N–H and O–H groups in total. The van der Waals surface area contributed by atoms with Gasteiger partial charge in [-0.2, -0.15) is 0 Å². The number of carbonyl (C=O) groups excluding carboxylic acids is 1. The first-order chi connectivity index (χ1) is 15.8. The number of methoxy groups -OCH3 is 1. The SMILES string of the molecule is COc1ccccc1C(C)NC(=O)C1CN(S(=O)(=O)c2ccccc2)c2ccc(C)cc2O1. The number of anilines is 1. The van der Waals surface area contributed by atoms with Gasteiger partial charge < -0.3 is 14.8 Å². The van der Waals surface area contributed by atoms with Crippen molar-refractivity contribution < 1.29 is 22.7 Å². The Kier molecular flexibility index (Phi) is 6.29. The molecule has 3 aromatic rings. The number of amides is 1. The van der Waals surface area contributed by atoms with E-state index in [1.165, 1.54) is 16.4 Å². The Hall–Kier alpha value is -3.52. The predicted octanol–water partition coefficient (Wildman–Crippen LogP) is 3.84. The Bertz CT molecular complexity index is 1260. The summed E-state index contributed by atoms with van der Waals surface area (Å²) in [5.41, 5.74) is 2.12. The number of benzene rings is 3. The van der Waals surface area contributed by atoms with Gasteiger partial charge in [0, 0.05) is 5.56 Å². The van der Waals surface area contributed by atoms with E-state index in [2.05, 4.69) is 5.32 Å². The monoisotopic (exact) mass is 466 g/mol. The van der Waals surface area contributed by atoms with Crippen LogP contribution in [0.25, 0.3) is 0 Å². The molecule has 2 unspecified atom stereocenters. The Morgan fingerprint density at radius 3 is 2.52 bits per heavy atom. The lowest BCUT2D eigenvalue weighted by Crippen LogP contribution is -2.51. The molecule has 1 heterocycles. The molecule has 0 bridgehead atoms. The van der Waals surface area contributed by atoms with Crippen molar-refractivity contribution in [2.45, 2.75) is 30.9 Å². The highest BCUT2D eigenvalue weighted by Crippen LogP contribution is 2.38. The van der Waals surface area contributed by atoms with Gasteiger partial charge in [0.15, 0.2) is 6.10 Å². The third-order valence-corrected chi connectivity index (χ3v) is 7.37. The zero-order valence-electron chi connectivity index (χ0n) is 18.7. The fourth-order valence-electron chi connectivity index (χ4n) is 3.85. The Morgan fingerprint density at radius 1 is 1.09 bits per heavy atom. The van der Waals surface area contributed by atoms with E-state index in [-0.39, 0.29) is 17.5 Å². The van der Waals surface area contributed by atoms with Gasteiger partial charge in [-0.3, -0.25) is 9.10 Å². The van der Waals surface area contributed by atoms with Crippen molar-refractivity contribution in [3.05, 3.63) is 83.9 Å². The number of rotatable bonds is 6. The van der Waals surface area contributed by atoms with Gasteiger partial charge in [-0.15, -0.1) is 0 Å². The molecule has 0 spiro atoms. The number of nitrogens with one attached hydrogen (secondary N) is 1. The molecule has 1 aliphatic heterocycles. The Balaban J connectivity index is 1.64. The first-order valence-electron chi connectivity index (χ1n) is 10.6. The smallest absolute Gasteiger partial charge is 0.264 e. The summed E-state index contributed by atoms with van der Waals surface area (Å²) in [5.74, 6) is 0.601. The van der Waals surface area contributed by atoms with E-state index in [1.54, 1.807) is 37.4 Å². The lowest BCUT2D eigenvalue weighted by Gasteiger charge is -2.35. The highest BCUT2D eigenvalue weighted by Gasteiger charge is 2.38. The minimum Gasteiger partial charge on any atom is -0.496 e. The number of ether oxygens (including phenoxy) is 2. The van der Waals surface area contributed by atoms with Crippen molar-refractivity contribution in [1.29, 1.82) is 0 Å². The van der Waals surface area contributed by atoms with Crippen LogP contribution in [-0.2, 0) is 14.8 Å². The first-order valence-corrected chi connectivity index (χ1v) is 12.0. The van der Waals surface area contributed by atoms with Crippen LogP contribution in [0, 0.1) is 6.92 Å². The number of aryl methyl sites for hydroxylation is 1. The molecular weight excluding hydrogens is 440 g/mol. The summed E-state index contributed by atoms with van der Waals surface area (Å²) < 4.78 is 39.5.